The molecule has 1 saturated heterocycles. The van der Waals surface area contributed by atoms with Crippen molar-refractivity contribution in [2.45, 2.75) is 45.1 Å². The SMILES string of the molecule is CC1CCC(CN)(N2CCCN(C)CC2)CC1C. The van der Waals surface area contributed by atoms with Crippen LogP contribution in [0, 0.1) is 11.8 Å². The van der Waals surface area contributed by atoms with Crippen molar-refractivity contribution in [2.24, 2.45) is 17.6 Å². The van der Waals surface area contributed by atoms with Crippen LogP contribution in [-0.2, 0) is 0 Å². The van der Waals surface area contributed by atoms with Crippen LogP contribution in [0.25, 0.3) is 0 Å². The standard InChI is InChI=1S/C15H31N3/c1-13-5-6-15(12-16,11-14(13)2)18-8-4-7-17(3)9-10-18/h13-14H,4-12,16H2,1-3H3. The minimum Gasteiger partial charge on any atom is -0.329 e. The van der Waals surface area contributed by atoms with Crippen LogP contribution in [0.2, 0.25) is 0 Å². The molecule has 2 aliphatic rings. The lowest BCUT2D eigenvalue weighted by atomic mass is 9.70. The van der Waals surface area contributed by atoms with Gasteiger partial charge in [0.1, 0.15) is 0 Å². The molecule has 1 heterocycles. The lowest BCUT2D eigenvalue weighted by molar-refractivity contribution is 0.0242. The second kappa shape index (κ2) is 5.89. The van der Waals surface area contributed by atoms with Gasteiger partial charge in [0.05, 0.1) is 0 Å². The third kappa shape index (κ3) is 2.89. The van der Waals surface area contributed by atoms with Crippen LogP contribution >= 0.6 is 0 Å². The molecule has 3 heteroatoms. The van der Waals surface area contributed by atoms with Gasteiger partial charge in [0.2, 0.25) is 0 Å². The minimum absolute atomic E-state index is 0.303. The summed E-state index contributed by atoms with van der Waals surface area (Å²) in [5.41, 5.74) is 6.51. The van der Waals surface area contributed by atoms with Gasteiger partial charge in [0, 0.05) is 31.7 Å². The van der Waals surface area contributed by atoms with E-state index in [1.54, 1.807) is 0 Å². The van der Waals surface area contributed by atoms with Gasteiger partial charge < -0.3 is 10.6 Å². The first-order chi connectivity index (χ1) is 8.57. The van der Waals surface area contributed by atoms with E-state index >= 15 is 0 Å². The molecule has 0 radical (unpaired) electrons. The molecular formula is C15H31N3. The van der Waals surface area contributed by atoms with Gasteiger partial charge in [0.25, 0.3) is 0 Å². The summed E-state index contributed by atoms with van der Waals surface area (Å²) in [4.78, 5) is 5.18. The first kappa shape index (κ1) is 14.3. The zero-order valence-electron chi connectivity index (χ0n) is 12.5. The Morgan fingerprint density at radius 1 is 1.11 bits per heavy atom. The van der Waals surface area contributed by atoms with Crippen molar-refractivity contribution >= 4 is 0 Å². The first-order valence-electron chi connectivity index (χ1n) is 7.71. The highest BCUT2D eigenvalue weighted by atomic mass is 15.3. The summed E-state index contributed by atoms with van der Waals surface area (Å²) < 4.78 is 0. The van der Waals surface area contributed by atoms with Crippen molar-refractivity contribution in [1.29, 1.82) is 0 Å². The van der Waals surface area contributed by atoms with Crippen LogP contribution in [0.1, 0.15) is 39.5 Å². The van der Waals surface area contributed by atoms with Crippen LogP contribution in [0.5, 0.6) is 0 Å². The van der Waals surface area contributed by atoms with E-state index in [1.165, 1.54) is 51.9 Å². The van der Waals surface area contributed by atoms with Gasteiger partial charge >= 0.3 is 0 Å². The molecule has 3 atom stereocenters. The zero-order chi connectivity index (χ0) is 13.2. The van der Waals surface area contributed by atoms with Crippen molar-refractivity contribution in [2.75, 3.05) is 39.8 Å². The molecule has 0 aromatic rings. The van der Waals surface area contributed by atoms with E-state index in [1.807, 2.05) is 0 Å². The molecule has 0 spiro atoms. The second-order valence-electron chi connectivity index (χ2n) is 6.77. The van der Waals surface area contributed by atoms with Gasteiger partial charge in [-0.25, -0.2) is 0 Å². The fraction of sp³-hybridized carbons (Fsp3) is 1.00. The highest BCUT2D eigenvalue weighted by molar-refractivity contribution is 4.98. The Balaban J connectivity index is 2.06. The largest absolute Gasteiger partial charge is 0.329 e. The lowest BCUT2D eigenvalue weighted by Crippen LogP contribution is -2.58. The predicted molar refractivity (Wildman–Crippen MR) is 77.7 cm³/mol. The topological polar surface area (TPSA) is 32.5 Å². The van der Waals surface area contributed by atoms with Crippen molar-refractivity contribution in [1.82, 2.24) is 9.80 Å². The maximum atomic E-state index is 6.21. The molecular weight excluding hydrogens is 222 g/mol. The van der Waals surface area contributed by atoms with Crippen LogP contribution in [0.4, 0.5) is 0 Å². The number of hydrogen-bond acceptors (Lipinski definition) is 3. The summed E-state index contributed by atoms with van der Waals surface area (Å²) >= 11 is 0. The fourth-order valence-electron chi connectivity index (χ4n) is 3.81. The Bertz CT molecular complexity index is 268. The molecule has 1 saturated carbocycles. The van der Waals surface area contributed by atoms with Crippen LogP contribution in [0.3, 0.4) is 0 Å². The number of hydrogen-bond donors (Lipinski definition) is 1. The van der Waals surface area contributed by atoms with E-state index < -0.39 is 0 Å². The molecule has 0 bridgehead atoms. The maximum absolute atomic E-state index is 6.21. The monoisotopic (exact) mass is 253 g/mol. The summed E-state index contributed by atoms with van der Waals surface area (Å²) in [6, 6.07) is 0. The van der Waals surface area contributed by atoms with E-state index in [0.717, 1.165) is 18.4 Å². The molecule has 0 amide bonds. The predicted octanol–water partition coefficient (Wildman–Crippen LogP) is 1.78. The number of likely N-dealkylation sites (N-methyl/N-ethyl adjacent to an activating group) is 1. The minimum atomic E-state index is 0.303. The van der Waals surface area contributed by atoms with Crippen molar-refractivity contribution in [3.05, 3.63) is 0 Å². The average molecular weight is 253 g/mol. The fourth-order valence-corrected chi connectivity index (χ4v) is 3.81. The third-order valence-corrected chi connectivity index (χ3v) is 5.51. The van der Waals surface area contributed by atoms with Gasteiger partial charge in [0.15, 0.2) is 0 Å². The Labute approximate surface area is 113 Å². The van der Waals surface area contributed by atoms with E-state index in [0.29, 0.717) is 5.54 Å². The summed E-state index contributed by atoms with van der Waals surface area (Å²) in [6.45, 7) is 10.5. The normalized spacial score (nSPS) is 40.7. The van der Waals surface area contributed by atoms with Crippen LogP contribution in [-0.4, -0.2) is 55.1 Å². The van der Waals surface area contributed by atoms with Crippen molar-refractivity contribution in [3.8, 4) is 0 Å². The van der Waals surface area contributed by atoms with E-state index in [2.05, 4.69) is 30.7 Å². The van der Waals surface area contributed by atoms with Gasteiger partial charge in [-0.05, 0) is 51.1 Å². The number of nitrogens with two attached hydrogens (primary N) is 1. The summed E-state index contributed by atoms with van der Waals surface area (Å²) in [5, 5.41) is 0. The van der Waals surface area contributed by atoms with Crippen LogP contribution in [0.15, 0.2) is 0 Å². The Morgan fingerprint density at radius 2 is 1.89 bits per heavy atom. The van der Waals surface area contributed by atoms with E-state index in [-0.39, 0.29) is 0 Å². The lowest BCUT2D eigenvalue weighted by Gasteiger charge is -2.49. The molecule has 2 N–H and O–H groups in total. The molecule has 3 unspecified atom stereocenters. The summed E-state index contributed by atoms with van der Waals surface area (Å²) in [5.74, 6) is 1.70. The first-order valence-corrected chi connectivity index (χ1v) is 7.71. The number of rotatable bonds is 2. The molecule has 1 aliphatic heterocycles. The van der Waals surface area contributed by atoms with Crippen molar-refractivity contribution < 1.29 is 0 Å². The molecule has 3 nitrogen and oxygen atoms in total. The van der Waals surface area contributed by atoms with Gasteiger partial charge in [-0.3, -0.25) is 4.90 Å². The molecule has 0 aromatic carbocycles. The highest BCUT2D eigenvalue weighted by Crippen LogP contribution is 2.39. The zero-order valence-corrected chi connectivity index (χ0v) is 12.5. The Hall–Kier alpha value is -0.120. The quantitative estimate of drug-likeness (QED) is 0.814. The molecule has 1 aliphatic carbocycles. The second-order valence-corrected chi connectivity index (χ2v) is 6.77. The Morgan fingerprint density at radius 3 is 2.56 bits per heavy atom. The maximum Gasteiger partial charge on any atom is 0.0335 e. The molecule has 18 heavy (non-hydrogen) atoms. The molecule has 2 rings (SSSR count). The summed E-state index contributed by atoms with van der Waals surface area (Å²) in [7, 11) is 2.24. The molecule has 0 aromatic heterocycles. The Kier molecular flexibility index (Phi) is 4.68. The van der Waals surface area contributed by atoms with Gasteiger partial charge in [-0.1, -0.05) is 13.8 Å². The average Bonchev–Trinajstić information content (AvgIpc) is 2.58. The van der Waals surface area contributed by atoms with Crippen molar-refractivity contribution in [3.63, 3.8) is 0 Å². The summed E-state index contributed by atoms with van der Waals surface area (Å²) in [6.07, 6.45) is 5.25. The molecule has 106 valence electrons. The van der Waals surface area contributed by atoms with Gasteiger partial charge in [-0.15, -0.1) is 0 Å². The smallest absolute Gasteiger partial charge is 0.0335 e. The number of nitrogens with zero attached hydrogens (tertiary/aromatic N) is 2. The van der Waals surface area contributed by atoms with Crippen LogP contribution < -0.4 is 5.73 Å². The highest BCUT2D eigenvalue weighted by Gasteiger charge is 2.41. The van der Waals surface area contributed by atoms with Gasteiger partial charge in [-0.2, -0.15) is 0 Å². The van der Waals surface area contributed by atoms with E-state index in [9.17, 15) is 0 Å². The van der Waals surface area contributed by atoms with E-state index in [4.69, 9.17) is 5.73 Å². The third-order valence-electron chi connectivity index (χ3n) is 5.51. The molecule has 2 fully saturated rings.